The lowest BCUT2D eigenvalue weighted by molar-refractivity contribution is -0.152. The van der Waals surface area contributed by atoms with Crippen LogP contribution in [-0.2, 0) is 14.3 Å². The Hall–Kier alpha value is -0.380. The van der Waals surface area contributed by atoms with Crippen LogP contribution < -0.4 is 0 Å². The molecule has 18 heavy (non-hydrogen) atoms. The Morgan fingerprint density at radius 3 is 2.22 bits per heavy atom. The van der Waals surface area contributed by atoms with E-state index in [-0.39, 0.29) is 6.54 Å². The first-order valence-corrected chi connectivity index (χ1v) is 7.10. The van der Waals surface area contributed by atoms with E-state index < -0.39 is 28.7 Å². The van der Waals surface area contributed by atoms with Gasteiger partial charge in [-0.25, -0.2) is 0 Å². The molecule has 1 saturated heterocycles. The lowest BCUT2D eigenvalue weighted by Crippen LogP contribution is -2.46. The average molecular weight is 290 g/mol. The Bertz CT molecular complexity index is 351. The van der Waals surface area contributed by atoms with Crippen molar-refractivity contribution in [2.75, 3.05) is 52.1 Å². The zero-order valence-corrected chi connectivity index (χ0v) is 10.9. The number of hydrogen-bond donors (Lipinski definition) is 0. The molecule has 1 heterocycles. The van der Waals surface area contributed by atoms with Crippen LogP contribution in [0.1, 0.15) is 0 Å². The van der Waals surface area contributed by atoms with E-state index >= 15 is 0 Å². The Morgan fingerprint density at radius 1 is 1.17 bits per heavy atom. The first-order chi connectivity index (χ1) is 8.18. The Kier molecular flexibility index (Phi) is 5.38. The molecule has 0 aliphatic carbocycles. The van der Waals surface area contributed by atoms with Gasteiger partial charge < -0.3 is 4.90 Å². The van der Waals surface area contributed by atoms with Crippen molar-refractivity contribution in [1.29, 1.82) is 0 Å². The van der Waals surface area contributed by atoms with E-state index in [1.54, 1.807) is 0 Å². The maximum atomic E-state index is 11.8. The van der Waals surface area contributed by atoms with Crippen LogP contribution in [0, 0.1) is 0 Å². The van der Waals surface area contributed by atoms with Gasteiger partial charge in [0.25, 0.3) is 10.1 Å². The topological polar surface area (TPSA) is 49.9 Å². The Morgan fingerprint density at radius 2 is 1.72 bits per heavy atom. The second kappa shape index (κ2) is 6.18. The quantitative estimate of drug-likeness (QED) is 0.674. The predicted octanol–water partition coefficient (Wildman–Crippen LogP) is 0.142. The smallest absolute Gasteiger partial charge is 0.304 e. The molecule has 0 bridgehead atoms. The predicted molar refractivity (Wildman–Crippen MR) is 59.7 cm³/mol. The fourth-order valence-electron chi connectivity index (χ4n) is 1.53. The molecule has 0 radical (unpaired) electrons. The van der Waals surface area contributed by atoms with Crippen molar-refractivity contribution in [1.82, 2.24) is 9.80 Å². The van der Waals surface area contributed by atoms with Gasteiger partial charge in [-0.15, -0.1) is 0 Å². The van der Waals surface area contributed by atoms with E-state index in [2.05, 4.69) is 9.08 Å². The second-order valence-electron chi connectivity index (χ2n) is 4.28. The number of likely N-dealkylation sites (N-methyl/N-ethyl adjacent to an activating group) is 1. The summed E-state index contributed by atoms with van der Waals surface area (Å²) in [4.78, 5) is 4.00. The molecule has 0 spiro atoms. The highest BCUT2D eigenvalue weighted by Gasteiger charge is 2.31. The van der Waals surface area contributed by atoms with Crippen LogP contribution in [0.25, 0.3) is 0 Å². The summed E-state index contributed by atoms with van der Waals surface area (Å²) in [5.41, 5.74) is 0. The van der Waals surface area contributed by atoms with E-state index in [0.717, 1.165) is 13.1 Å². The van der Waals surface area contributed by atoms with Crippen molar-refractivity contribution in [2.24, 2.45) is 0 Å². The van der Waals surface area contributed by atoms with Gasteiger partial charge in [-0.1, -0.05) is 0 Å². The van der Waals surface area contributed by atoms with Crippen LogP contribution in [0.2, 0.25) is 0 Å². The van der Waals surface area contributed by atoms with Gasteiger partial charge in [0.05, 0.1) is 5.75 Å². The molecule has 9 heteroatoms. The van der Waals surface area contributed by atoms with Crippen LogP contribution in [0.4, 0.5) is 13.2 Å². The first-order valence-electron chi connectivity index (χ1n) is 5.53. The number of alkyl halides is 3. The minimum Gasteiger partial charge on any atom is -0.304 e. The van der Waals surface area contributed by atoms with Crippen molar-refractivity contribution < 1.29 is 25.8 Å². The number of piperazine rings is 1. The molecule has 0 aromatic heterocycles. The highest BCUT2D eigenvalue weighted by Crippen LogP contribution is 2.16. The van der Waals surface area contributed by atoms with Crippen LogP contribution in [0.5, 0.6) is 0 Å². The summed E-state index contributed by atoms with van der Waals surface area (Å²) in [5.74, 6) is -0.410. The highest BCUT2D eigenvalue weighted by molar-refractivity contribution is 7.86. The zero-order valence-electron chi connectivity index (χ0n) is 10.1. The van der Waals surface area contributed by atoms with E-state index in [9.17, 15) is 21.6 Å². The molecule has 0 N–H and O–H groups in total. The van der Waals surface area contributed by atoms with Crippen molar-refractivity contribution in [3.8, 4) is 0 Å². The molecule has 0 aromatic carbocycles. The van der Waals surface area contributed by atoms with Crippen LogP contribution >= 0.6 is 0 Å². The molecule has 1 aliphatic rings. The molecule has 0 unspecified atom stereocenters. The summed E-state index contributed by atoms with van der Waals surface area (Å²) in [5, 5.41) is 0. The lowest BCUT2D eigenvalue weighted by Gasteiger charge is -2.32. The summed E-state index contributed by atoms with van der Waals surface area (Å²) in [6.07, 6.45) is -4.62. The van der Waals surface area contributed by atoms with Crippen molar-refractivity contribution in [3.63, 3.8) is 0 Å². The number of halogens is 3. The highest BCUT2D eigenvalue weighted by atomic mass is 32.2. The molecule has 5 nitrogen and oxygen atoms in total. The fraction of sp³-hybridized carbons (Fsp3) is 1.00. The SMILES string of the molecule is CN1CCN(CCS(=O)(=O)OCC(F)(F)F)CC1. The Labute approximate surface area is 105 Å². The van der Waals surface area contributed by atoms with Crippen LogP contribution in [0.3, 0.4) is 0 Å². The summed E-state index contributed by atoms with van der Waals surface area (Å²) in [7, 11) is -2.14. The molecule has 0 aromatic rings. The summed E-state index contributed by atoms with van der Waals surface area (Å²) >= 11 is 0. The normalized spacial score (nSPS) is 20.2. The van der Waals surface area contributed by atoms with E-state index in [0.29, 0.717) is 13.1 Å². The third-order valence-corrected chi connectivity index (χ3v) is 3.82. The van der Waals surface area contributed by atoms with Gasteiger partial charge in [0, 0.05) is 32.7 Å². The van der Waals surface area contributed by atoms with Gasteiger partial charge in [0.15, 0.2) is 6.61 Å². The molecule has 1 fully saturated rings. The van der Waals surface area contributed by atoms with Gasteiger partial charge in [0.1, 0.15) is 0 Å². The van der Waals surface area contributed by atoms with Gasteiger partial charge in [-0.3, -0.25) is 9.08 Å². The average Bonchev–Trinajstić information content (AvgIpc) is 2.25. The number of nitrogens with zero attached hydrogens (tertiary/aromatic N) is 2. The minimum absolute atomic E-state index is 0.202. The van der Waals surface area contributed by atoms with Gasteiger partial charge in [0.2, 0.25) is 0 Å². The summed E-state index contributed by atoms with van der Waals surface area (Å²) in [6.45, 7) is 1.52. The summed E-state index contributed by atoms with van der Waals surface area (Å²) < 4.78 is 61.8. The molecule has 0 saturated carbocycles. The summed E-state index contributed by atoms with van der Waals surface area (Å²) in [6, 6.07) is 0. The molecule has 1 aliphatic heterocycles. The maximum absolute atomic E-state index is 11.8. The van der Waals surface area contributed by atoms with E-state index in [1.165, 1.54) is 0 Å². The molecule has 0 amide bonds. The van der Waals surface area contributed by atoms with Gasteiger partial charge >= 0.3 is 6.18 Å². The van der Waals surface area contributed by atoms with Gasteiger partial charge in [-0.2, -0.15) is 21.6 Å². The molecule has 0 atom stereocenters. The largest absolute Gasteiger partial charge is 0.413 e. The number of hydrogen-bond acceptors (Lipinski definition) is 5. The molecule has 108 valence electrons. The fourth-order valence-corrected chi connectivity index (χ4v) is 2.44. The Balaban J connectivity index is 2.29. The van der Waals surface area contributed by atoms with Crippen LogP contribution in [-0.4, -0.2) is 76.5 Å². The molecular weight excluding hydrogens is 273 g/mol. The maximum Gasteiger partial charge on any atom is 0.413 e. The second-order valence-corrected chi connectivity index (χ2v) is 6.04. The van der Waals surface area contributed by atoms with E-state index in [1.807, 2.05) is 11.9 Å². The number of rotatable bonds is 5. The zero-order chi connectivity index (χ0) is 13.8. The van der Waals surface area contributed by atoms with Crippen molar-refractivity contribution >= 4 is 10.1 Å². The van der Waals surface area contributed by atoms with Crippen molar-refractivity contribution in [3.05, 3.63) is 0 Å². The third kappa shape index (κ3) is 6.53. The van der Waals surface area contributed by atoms with E-state index in [4.69, 9.17) is 0 Å². The third-order valence-electron chi connectivity index (χ3n) is 2.66. The minimum atomic E-state index is -4.62. The molecular formula is C9H17F3N2O3S. The molecule has 1 rings (SSSR count). The van der Waals surface area contributed by atoms with Crippen molar-refractivity contribution in [2.45, 2.75) is 6.18 Å². The van der Waals surface area contributed by atoms with Gasteiger partial charge in [-0.05, 0) is 7.05 Å². The lowest BCUT2D eigenvalue weighted by atomic mass is 10.3. The van der Waals surface area contributed by atoms with Crippen LogP contribution in [0.15, 0.2) is 0 Å². The monoisotopic (exact) mass is 290 g/mol. The first kappa shape index (κ1) is 15.7. The standard InChI is InChI=1S/C9H17F3N2O3S/c1-13-2-4-14(5-3-13)6-7-18(15,16)17-8-9(10,11)12/h2-8H2,1H3.